The lowest BCUT2D eigenvalue weighted by molar-refractivity contribution is -0.385. The van der Waals surface area contributed by atoms with Crippen LogP contribution in [-0.2, 0) is 0 Å². The van der Waals surface area contributed by atoms with Gasteiger partial charge in [0.1, 0.15) is 0 Å². The summed E-state index contributed by atoms with van der Waals surface area (Å²) in [5.41, 5.74) is 0.689. The minimum absolute atomic E-state index is 0.0268. The van der Waals surface area contributed by atoms with Crippen LogP contribution in [0, 0.1) is 22.5 Å². The highest BCUT2D eigenvalue weighted by Crippen LogP contribution is 2.47. The summed E-state index contributed by atoms with van der Waals surface area (Å²) in [6.45, 7) is 2.20. The maximum Gasteiger partial charge on any atom is 0.273 e. The third-order valence-corrected chi connectivity index (χ3v) is 3.97. The molecule has 2 rings (SSSR count). The van der Waals surface area contributed by atoms with Crippen molar-refractivity contribution in [2.75, 3.05) is 13.2 Å². The number of aliphatic hydroxyl groups excluding tert-OH is 1. The molecule has 0 aliphatic heterocycles. The first-order valence-corrected chi connectivity index (χ1v) is 6.62. The summed E-state index contributed by atoms with van der Waals surface area (Å²) in [4.78, 5) is 22.5. The summed E-state index contributed by atoms with van der Waals surface area (Å²) in [6, 6.07) is 4.49. The molecule has 0 unspecified atom stereocenters. The van der Waals surface area contributed by atoms with Gasteiger partial charge in [0.05, 0.1) is 4.92 Å². The molecule has 1 aliphatic carbocycles. The van der Waals surface area contributed by atoms with Crippen molar-refractivity contribution < 1.29 is 14.8 Å². The van der Waals surface area contributed by atoms with E-state index in [4.69, 9.17) is 5.11 Å². The van der Waals surface area contributed by atoms with E-state index < -0.39 is 4.92 Å². The van der Waals surface area contributed by atoms with Crippen LogP contribution in [0.4, 0.5) is 5.69 Å². The van der Waals surface area contributed by atoms with Crippen LogP contribution in [0.25, 0.3) is 0 Å². The van der Waals surface area contributed by atoms with Crippen molar-refractivity contribution in [3.63, 3.8) is 0 Å². The normalized spacial score (nSPS) is 15.7. The van der Waals surface area contributed by atoms with Gasteiger partial charge in [-0.15, -0.1) is 0 Å². The van der Waals surface area contributed by atoms with E-state index >= 15 is 0 Å². The Morgan fingerprint density at radius 1 is 1.50 bits per heavy atom. The van der Waals surface area contributed by atoms with Crippen molar-refractivity contribution in [1.29, 1.82) is 0 Å². The molecule has 1 fully saturated rings. The molecule has 0 spiro atoms. The molecular formula is C14H18N2O4. The molecule has 0 aromatic heterocycles. The maximum atomic E-state index is 12.1. The number of amides is 1. The minimum Gasteiger partial charge on any atom is -0.396 e. The third-order valence-electron chi connectivity index (χ3n) is 3.97. The molecule has 6 nitrogen and oxygen atoms in total. The quantitative estimate of drug-likeness (QED) is 0.613. The van der Waals surface area contributed by atoms with Gasteiger partial charge < -0.3 is 10.4 Å². The number of nitro benzene ring substituents is 1. The fraction of sp³-hybridized carbons (Fsp3) is 0.500. The zero-order valence-electron chi connectivity index (χ0n) is 11.4. The second kappa shape index (κ2) is 5.58. The minimum atomic E-state index is -0.486. The third kappa shape index (κ3) is 2.96. The first-order chi connectivity index (χ1) is 9.49. The largest absolute Gasteiger partial charge is 0.396 e. The van der Waals surface area contributed by atoms with E-state index in [1.165, 1.54) is 12.1 Å². The average Bonchev–Trinajstić information content (AvgIpc) is 3.17. The van der Waals surface area contributed by atoms with Crippen molar-refractivity contribution in [3.8, 4) is 0 Å². The van der Waals surface area contributed by atoms with E-state index in [0.717, 1.165) is 12.8 Å². The van der Waals surface area contributed by atoms with Crippen LogP contribution in [0.1, 0.15) is 35.2 Å². The van der Waals surface area contributed by atoms with E-state index in [0.29, 0.717) is 24.1 Å². The van der Waals surface area contributed by atoms with Crippen molar-refractivity contribution in [2.24, 2.45) is 5.41 Å². The van der Waals surface area contributed by atoms with Crippen LogP contribution in [0.3, 0.4) is 0 Å². The number of carbonyl (C=O) groups excluding carboxylic acids is 1. The lowest BCUT2D eigenvalue weighted by Crippen LogP contribution is -2.31. The summed E-state index contributed by atoms with van der Waals surface area (Å²) in [5.74, 6) is -0.296. The first-order valence-electron chi connectivity index (χ1n) is 6.62. The number of hydrogen-bond acceptors (Lipinski definition) is 4. The zero-order valence-corrected chi connectivity index (χ0v) is 11.4. The number of hydrogen-bond donors (Lipinski definition) is 2. The van der Waals surface area contributed by atoms with Gasteiger partial charge in [0.2, 0.25) is 0 Å². The topological polar surface area (TPSA) is 92.5 Å². The molecule has 0 bridgehead atoms. The van der Waals surface area contributed by atoms with Crippen molar-refractivity contribution in [1.82, 2.24) is 5.32 Å². The lowest BCUT2D eigenvalue weighted by atomic mass is 10.0. The molecule has 0 heterocycles. The number of aliphatic hydroxyl groups is 1. The van der Waals surface area contributed by atoms with Crippen molar-refractivity contribution in [3.05, 3.63) is 39.4 Å². The van der Waals surface area contributed by atoms with E-state index in [1.54, 1.807) is 13.0 Å². The summed E-state index contributed by atoms with van der Waals surface area (Å²) >= 11 is 0. The molecule has 0 saturated heterocycles. The number of benzene rings is 1. The Kier molecular flexibility index (Phi) is 4.04. The molecule has 1 saturated carbocycles. The van der Waals surface area contributed by atoms with Crippen LogP contribution in [0.5, 0.6) is 0 Å². The summed E-state index contributed by atoms with van der Waals surface area (Å²) < 4.78 is 0. The second-order valence-electron chi connectivity index (χ2n) is 5.36. The number of nitrogens with zero attached hydrogens (tertiary/aromatic N) is 1. The molecule has 1 aromatic rings. The standard InChI is InChI=1S/C14H18N2O4/c1-10-11(3-2-4-12(10)16(19)20)13(18)15-9-14(5-6-14)7-8-17/h2-4,17H,5-9H2,1H3,(H,15,18). The Hall–Kier alpha value is -1.95. The molecule has 108 valence electrons. The highest BCUT2D eigenvalue weighted by atomic mass is 16.6. The number of rotatable bonds is 6. The number of nitro groups is 1. The van der Waals surface area contributed by atoms with Gasteiger partial charge in [0.15, 0.2) is 0 Å². The maximum absolute atomic E-state index is 12.1. The highest BCUT2D eigenvalue weighted by molar-refractivity contribution is 5.96. The van der Waals surface area contributed by atoms with E-state index in [9.17, 15) is 14.9 Å². The monoisotopic (exact) mass is 278 g/mol. The molecule has 1 aliphatic rings. The van der Waals surface area contributed by atoms with Gasteiger partial charge in [-0.05, 0) is 37.7 Å². The van der Waals surface area contributed by atoms with Gasteiger partial charge in [-0.3, -0.25) is 14.9 Å². The predicted molar refractivity (Wildman–Crippen MR) is 73.5 cm³/mol. The molecule has 1 aromatic carbocycles. The Morgan fingerprint density at radius 3 is 2.75 bits per heavy atom. The van der Waals surface area contributed by atoms with Crippen LogP contribution in [0.2, 0.25) is 0 Å². The lowest BCUT2D eigenvalue weighted by Gasteiger charge is -2.15. The number of carbonyl (C=O) groups is 1. The predicted octanol–water partition coefficient (Wildman–Crippen LogP) is 1.80. The Morgan fingerprint density at radius 2 is 2.20 bits per heavy atom. The van der Waals surface area contributed by atoms with Crippen molar-refractivity contribution in [2.45, 2.75) is 26.2 Å². The zero-order chi connectivity index (χ0) is 14.8. The fourth-order valence-electron chi connectivity index (χ4n) is 2.36. The highest BCUT2D eigenvalue weighted by Gasteiger charge is 2.42. The van der Waals surface area contributed by atoms with Crippen molar-refractivity contribution >= 4 is 11.6 Å². The van der Waals surface area contributed by atoms with Gasteiger partial charge in [0, 0.05) is 30.3 Å². The van der Waals surface area contributed by atoms with Crippen LogP contribution < -0.4 is 5.32 Å². The molecule has 6 heteroatoms. The molecule has 0 radical (unpaired) electrons. The van der Waals surface area contributed by atoms with Gasteiger partial charge >= 0.3 is 0 Å². The summed E-state index contributed by atoms with van der Waals surface area (Å²) in [5, 5.41) is 22.7. The Bertz CT molecular complexity index is 538. The van der Waals surface area contributed by atoms with Gasteiger partial charge in [-0.1, -0.05) is 6.07 Å². The van der Waals surface area contributed by atoms with E-state index in [1.807, 2.05) is 0 Å². The Labute approximate surface area is 117 Å². The molecule has 1 amide bonds. The first kappa shape index (κ1) is 14.5. The van der Waals surface area contributed by atoms with Gasteiger partial charge in [-0.2, -0.15) is 0 Å². The van der Waals surface area contributed by atoms with Crippen LogP contribution in [-0.4, -0.2) is 29.1 Å². The van der Waals surface area contributed by atoms with Crippen LogP contribution in [0.15, 0.2) is 18.2 Å². The molecule has 2 N–H and O–H groups in total. The smallest absolute Gasteiger partial charge is 0.273 e. The van der Waals surface area contributed by atoms with Gasteiger partial charge in [-0.25, -0.2) is 0 Å². The van der Waals surface area contributed by atoms with E-state index in [2.05, 4.69) is 5.32 Å². The average molecular weight is 278 g/mol. The molecule has 0 atom stereocenters. The van der Waals surface area contributed by atoms with Gasteiger partial charge in [0.25, 0.3) is 11.6 Å². The summed E-state index contributed by atoms with van der Waals surface area (Å²) in [7, 11) is 0. The molecule has 20 heavy (non-hydrogen) atoms. The van der Waals surface area contributed by atoms with Crippen LogP contribution >= 0.6 is 0 Å². The Balaban J connectivity index is 2.06. The summed E-state index contributed by atoms with van der Waals surface area (Å²) in [6.07, 6.45) is 2.69. The SMILES string of the molecule is Cc1c(C(=O)NCC2(CCO)CC2)cccc1[N+](=O)[O-]. The second-order valence-corrected chi connectivity index (χ2v) is 5.36. The molecular weight excluding hydrogens is 260 g/mol. The number of nitrogens with one attached hydrogen (secondary N) is 1. The fourth-order valence-corrected chi connectivity index (χ4v) is 2.36. The van der Waals surface area contributed by atoms with E-state index in [-0.39, 0.29) is 23.6 Å².